The van der Waals surface area contributed by atoms with Gasteiger partial charge in [0.15, 0.2) is 0 Å². The van der Waals surface area contributed by atoms with Gasteiger partial charge in [-0.15, -0.1) is 22.9 Å². The SMILES string of the molecule is Cc1ccnc(-c2nc(CCl)cs2)c1. The van der Waals surface area contributed by atoms with Crippen molar-refractivity contribution in [2.45, 2.75) is 12.8 Å². The van der Waals surface area contributed by atoms with E-state index < -0.39 is 0 Å². The van der Waals surface area contributed by atoms with Crippen LogP contribution in [0.5, 0.6) is 0 Å². The van der Waals surface area contributed by atoms with Crippen molar-refractivity contribution in [2.75, 3.05) is 0 Å². The summed E-state index contributed by atoms with van der Waals surface area (Å²) in [6.45, 7) is 2.04. The minimum Gasteiger partial charge on any atom is -0.254 e. The summed E-state index contributed by atoms with van der Waals surface area (Å²) in [4.78, 5) is 8.63. The van der Waals surface area contributed by atoms with Crippen LogP contribution in [-0.4, -0.2) is 9.97 Å². The second kappa shape index (κ2) is 4.07. The maximum absolute atomic E-state index is 5.68. The fraction of sp³-hybridized carbons (Fsp3) is 0.200. The molecule has 0 saturated heterocycles. The third-order valence-corrected chi connectivity index (χ3v) is 3.01. The molecule has 0 atom stereocenters. The molecular weight excluding hydrogens is 216 g/mol. The molecule has 2 aromatic rings. The first-order valence-corrected chi connectivity index (χ1v) is 5.64. The third kappa shape index (κ3) is 1.94. The van der Waals surface area contributed by atoms with Crippen LogP contribution in [0.1, 0.15) is 11.3 Å². The minimum absolute atomic E-state index is 0.461. The predicted octanol–water partition coefficient (Wildman–Crippen LogP) is 3.25. The number of aromatic nitrogens is 2. The number of hydrogen-bond donors (Lipinski definition) is 0. The van der Waals surface area contributed by atoms with Crippen LogP contribution in [0.3, 0.4) is 0 Å². The maximum atomic E-state index is 5.68. The molecule has 0 aromatic carbocycles. The molecule has 0 saturated carbocycles. The van der Waals surface area contributed by atoms with Crippen LogP contribution in [0.15, 0.2) is 23.7 Å². The lowest BCUT2D eigenvalue weighted by molar-refractivity contribution is 1.20. The molecule has 0 aliphatic heterocycles. The molecule has 0 N–H and O–H groups in total. The van der Waals surface area contributed by atoms with E-state index >= 15 is 0 Å². The zero-order chi connectivity index (χ0) is 9.97. The smallest absolute Gasteiger partial charge is 0.142 e. The Labute approximate surface area is 91.6 Å². The van der Waals surface area contributed by atoms with Gasteiger partial charge in [0.05, 0.1) is 17.3 Å². The van der Waals surface area contributed by atoms with Gasteiger partial charge in [-0.1, -0.05) is 0 Å². The number of rotatable bonds is 2. The van der Waals surface area contributed by atoms with Crippen molar-refractivity contribution < 1.29 is 0 Å². The number of pyridine rings is 1. The van der Waals surface area contributed by atoms with Crippen LogP contribution >= 0.6 is 22.9 Å². The molecule has 14 heavy (non-hydrogen) atoms. The second-order valence-electron chi connectivity index (χ2n) is 3.00. The molecule has 0 unspecified atom stereocenters. The van der Waals surface area contributed by atoms with E-state index in [-0.39, 0.29) is 0 Å². The fourth-order valence-corrected chi connectivity index (χ4v) is 2.15. The zero-order valence-electron chi connectivity index (χ0n) is 7.70. The highest BCUT2D eigenvalue weighted by atomic mass is 35.5. The summed E-state index contributed by atoms with van der Waals surface area (Å²) in [6.07, 6.45) is 1.80. The standard InChI is InChI=1S/C10H9ClN2S/c1-7-2-3-12-9(4-7)10-13-8(5-11)6-14-10/h2-4,6H,5H2,1H3. The van der Waals surface area contributed by atoms with Crippen LogP contribution in [0.25, 0.3) is 10.7 Å². The van der Waals surface area contributed by atoms with Crippen LogP contribution in [0, 0.1) is 6.92 Å². The van der Waals surface area contributed by atoms with Crippen molar-refractivity contribution in [3.63, 3.8) is 0 Å². The number of halogens is 1. The lowest BCUT2D eigenvalue weighted by Crippen LogP contribution is -1.84. The van der Waals surface area contributed by atoms with E-state index in [0.717, 1.165) is 16.4 Å². The van der Waals surface area contributed by atoms with Crippen molar-refractivity contribution in [3.05, 3.63) is 35.0 Å². The topological polar surface area (TPSA) is 25.8 Å². The van der Waals surface area contributed by atoms with Crippen molar-refractivity contribution in [2.24, 2.45) is 0 Å². The molecule has 2 heterocycles. The molecule has 0 aliphatic rings. The maximum Gasteiger partial charge on any atom is 0.142 e. The average molecular weight is 225 g/mol. The lowest BCUT2D eigenvalue weighted by atomic mass is 10.2. The van der Waals surface area contributed by atoms with E-state index in [9.17, 15) is 0 Å². The zero-order valence-corrected chi connectivity index (χ0v) is 9.27. The third-order valence-electron chi connectivity index (χ3n) is 1.82. The quantitative estimate of drug-likeness (QED) is 0.732. The predicted molar refractivity (Wildman–Crippen MR) is 59.6 cm³/mol. The molecule has 0 bridgehead atoms. The summed E-state index contributed by atoms with van der Waals surface area (Å²) in [7, 11) is 0. The Bertz CT molecular complexity index is 439. The Morgan fingerprint density at radius 3 is 3.00 bits per heavy atom. The van der Waals surface area contributed by atoms with Gasteiger partial charge in [-0.25, -0.2) is 4.98 Å². The van der Waals surface area contributed by atoms with Crippen molar-refractivity contribution >= 4 is 22.9 Å². The summed E-state index contributed by atoms with van der Waals surface area (Å²) < 4.78 is 0. The van der Waals surface area contributed by atoms with Gasteiger partial charge < -0.3 is 0 Å². The molecule has 72 valence electrons. The number of nitrogens with zero attached hydrogens (tertiary/aromatic N) is 2. The van der Waals surface area contributed by atoms with Gasteiger partial charge in [0.1, 0.15) is 5.01 Å². The molecule has 0 fully saturated rings. The number of thiazole rings is 1. The first-order valence-electron chi connectivity index (χ1n) is 4.23. The number of aryl methyl sites for hydroxylation is 1. The molecule has 2 rings (SSSR count). The molecule has 0 radical (unpaired) electrons. The summed E-state index contributed by atoms with van der Waals surface area (Å²) in [5.41, 5.74) is 3.03. The van der Waals surface area contributed by atoms with Crippen molar-refractivity contribution in [1.82, 2.24) is 9.97 Å². The Balaban J connectivity index is 2.39. The van der Waals surface area contributed by atoms with Gasteiger partial charge in [-0.05, 0) is 24.6 Å². The largest absolute Gasteiger partial charge is 0.254 e. The number of alkyl halides is 1. The molecule has 2 aromatic heterocycles. The Morgan fingerprint density at radius 2 is 2.36 bits per heavy atom. The molecule has 4 heteroatoms. The van der Waals surface area contributed by atoms with E-state index in [4.69, 9.17) is 11.6 Å². The van der Waals surface area contributed by atoms with Gasteiger partial charge in [0.2, 0.25) is 0 Å². The fourth-order valence-electron chi connectivity index (χ4n) is 1.14. The molecule has 0 amide bonds. The van der Waals surface area contributed by atoms with Gasteiger partial charge in [0, 0.05) is 11.6 Å². The van der Waals surface area contributed by atoms with Gasteiger partial charge >= 0.3 is 0 Å². The van der Waals surface area contributed by atoms with E-state index in [2.05, 4.69) is 9.97 Å². The highest BCUT2D eigenvalue weighted by Gasteiger charge is 2.04. The molecular formula is C10H9ClN2S. The number of hydrogen-bond acceptors (Lipinski definition) is 3. The van der Waals surface area contributed by atoms with Crippen LogP contribution in [0.2, 0.25) is 0 Å². The minimum atomic E-state index is 0.461. The van der Waals surface area contributed by atoms with E-state index in [1.54, 1.807) is 17.5 Å². The lowest BCUT2D eigenvalue weighted by Gasteiger charge is -1.95. The van der Waals surface area contributed by atoms with Gasteiger partial charge in [0.25, 0.3) is 0 Å². The van der Waals surface area contributed by atoms with Crippen LogP contribution < -0.4 is 0 Å². The van der Waals surface area contributed by atoms with Gasteiger partial charge in [-0.3, -0.25) is 4.98 Å². The first kappa shape index (κ1) is 9.62. The van der Waals surface area contributed by atoms with E-state index in [0.29, 0.717) is 5.88 Å². The highest BCUT2D eigenvalue weighted by molar-refractivity contribution is 7.13. The Morgan fingerprint density at radius 1 is 1.50 bits per heavy atom. The normalized spacial score (nSPS) is 10.4. The highest BCUT2D eigenvalue weighted by Crippen LogP contribution is 2.22. The van der Waals surface area contributed by atoms with E-state index in [1.807, 2.05) is 24.4 Å². The van der Waals surface area contributed by atoms with Gasteiger partial charge in [-0.2, -0.15) is 0 Å². The Hall–Kier alpha value is -0.930. The Kier molecular flexibility index (Phi) is 2.79. The van der Waals surface area contributed by atoms with Crippen molar-refractivity contribution in [1.29, 1.82) is 0 Å². The average Bonchev–Trinajstić information content (AvgIpc) is 2.66. The monoisotopic (exact) mass is 224 g/mol. The summed E-state index contributed by atoms with van der Waals surface area (Å²) in [5.74, 6) is 0.461. The second-order valence-corrected chi connectivity index (χ2v) is 4.12. The summed E-state index contributed by atoms with van der Waals surface area (Å²) >= 11 is 7.26. The van der Waals surface area contributed by atoms with Crippen LogP contribution in [-0.2, 0) is 5.88 Å². The van der Waals surface area contributed by atoms with E-state index in [1.165, 1.54) is 5.56 Å². The first-order chi connectivity index (χ1) is 6.79. The molecule has 0 aliphatic carbocycles. The molecule has 2 nitrogen and oxygen atoms in total. The van der Waals surface area contributed by atoms with Crippen molar-refractivity contribution in [3.8, 4) is 10.7 Å². The van der Waals surface area contributed by atoms with Crippen LogP contribution in [0.4, 0.5) is 0 Å². The summed E-state index contributed by atoms with van der Waals surface area (Å²) in [6, 6.07) is 4.00. The summed E-state index contributed by atoms with van der Waals surface area (Å²) in [5, 5.41) is 2.90. The molecule has 0 spiro atoms.